The molecule has 0 bridgehead atoms. The fourth-order valence-corrected chi connectivity index (χ4v) is 1.16. The molecule has 0 unspecified atom stereocenters. The van der Waals surface area contributed by atoms with Crippen molar-refractivity contribution in [3.63, 3.8) is 0 Å². The van der Waals surface area contributed by atoms with Crippen molar-refractivity contribution in [2.45, 2.75) is 6.61 Å². The first-order chi connectivity index (χ1) is 8.26. The molecule has 92 valence electrons. The summed E-state index contributed by atoms with van der Waals surface area (Å²) >= 11 is 0. The number of aliphatic imine (C=N–C) groups is 1. The Morgan fingerprint density at radius 3 is 2.76 bits per heavy atom. The summed E-state index contributed by atoms with van der Waals surface area (Å²) in [5, 5.41) is 13.5. The second-order valence-corrected chi connectivity index (χ2v) is 3.25. The molecule has 3 N–H and O–H groups in total. The number of hydrogen-bond donors (Lipinski definition) is 3. The molecule has 0 radical (unpaired) electrons. The smallest absolute Gasteiger partial charge is 0.319 e. The van der Waals surface area contributed by atoms with Crippen LogP contribution in [0.1, 0.15) is 5.56 Å². The molecule has 1 aromatic carbocycles. The van der Waals surface area contributed by atoms with Crippen LogP contribution in [0.3, 0.4) is 0 Å². The Morgan fingerprint density at radius 2 is 2.18 bits per heavy atom. The van der Waals surface area contributed by atoms with Gasteiger partial charge in [-0.1, -0.05) is 12.1 Å². The lowest BCUT2D eigenvalue weighted by molar-refractivity contribution is -0.253. The van der Waals surface area contributed by atoms with Gasteiger partial charge in [0.2, 0.25) is 0 Å². The third-order valence-electron chi connectivity index (χ3n) is 1.98. The highest BCUT2D eigenvalue weighted by atomic mass is 17.1. The number of benzene rings is 1. The lowest BCUT2D eigenvalue weighted by atomic mass is 10.2. The third kappa shape index (κ3) is 5.10. The second kappa shape index (κ2) is 7.37. The van der Waals surface area contributed by atoms with E-state index >= 15 is 0 Å². The fourth-order valence-electron chi connectivity index (χ4n) is 1.16. The zero-order valence-electron chi connectivity index (χ0n) is 9.51. The fraction of sp³-hybridized carbons (Fsp3) is 0.273. The molecule has 0 saturated carbocycles. The van der Waals surface area contributed by atoms with Crippen LogP contribution >= 0.6 is 0 Å². The minimum absolute atomic E-state index is 0.124. The highest BCUT2D eigenvalue weighted by Gasteiger charge is 2.00. The highest BCUT2D eigenvalue weighted by molar-refractivity contribution is 5.90. The number of rotatable bonds is 5. The molecule has 1 rings (SSSR count). The number of nitrogens with zero attached hydrogens (tertiary/aromatic N) is 1. The summed E-state index contributed by atoms with van der Waals surface area (Å²) in [7, 11) is 1.64. The number of carbonyl (C=O) groups excluding carboxylic acids is 1. The van der Waals surface area contributed by atoms with Crippen molar-refractivity contribution >= 4 is 17.9 Å². The molecular formula is C11H15N3O3. The Morgan fingerprint density at radius 1 is 1.47 bits per heavy atom. The molecule has 1 aromatic rings. The lowest BCUT2D eigenvalue weighted by Gasteiger charge is -2.06. The largest absolute Gasteiger partial charge is 0.333 e. The molecule has 2 amide bonds. The predicted molar refractivity (Wildman–Crippen MR) is 65.3 cm³/mol. The standard InChI is InChI=1S/C11H15N3O3/c1-12-6-7-13-11(15)14-10-4-2-9(3-5-10)8-17-16/h2-6,16H,7-8H2,1H3,(H2,13,14,15). The molecule has 17 heavy (non-hydrogen) atoms. The first kappa shape index (κ1) is 13.1. The second-order valence-electron chi connectivity index (χ2n) is 3.25. The van der Waals surface area contributed by atoms with Gasteiger partial charge in [0, 0.05) is 18.9 Å². The van der Waals surface area contributed by atoms with Crippen molar-refractivity contribution in [2.24, 2.45) is 4.99 Å². The number of amides is 2. The van der Waals surface area contributed by atoms with E-state index < -0.39 is 0 Å². The summed E-state index contributed by atoms with van der Waals surface area (Å²) in [5.41, 5.74) is 1.48. The van der Waals surface area contributed by atoms with Gasteiger partial charge < -0.3 is 10.6 Å². The SMILES string of the molecule is CN=CCNC(=O)Nc1ccc(COO)cc1. The van der Waals surface area contributed by atoms with E-state index in [9.17, 15) is 4.79 Å². The van der Waals surface area contributed by atoms with E-state index in [2.05, 4.69) is 20.5 Å². The minimum atomic E-state index is -0.295. The van der Waals surface area contributed by atoms with Gasteiger partial charge in [-0.25, -0.2) is 9.68 Å². The van der Waals surface area contributed by atoms with Crippen molar-refractivity contribution in [3.05, 3.63) is 29.8 Å². The molecule has 0 spiro atoms. The van der Waals surface area contributed by atoms with Gasteiger partial charge in [-0.3, -0.25) is 10.2 Å². The van der Waals surface area contributed by atoms with Crippen LogP contribution in [0.2, 0.25) is 0 Å². The van der Waals surface area contributed by atoms with Crippen LogP contribution < -0.4 is 10.6 Å². The van der Waals surface area contributed by atoms with Gasteiger partial charge in [0.25, 0.3) is 0 Å². The maximum atomic E-state index is 11.3. The average Bonchev–Trinajstić information content (AvgIpc) is 2.32. The van der Waals surface area contributed by atoms with Crippen molar-refractivity contribution < 1.29 is 14.9 Å². The van der Waals surface area contributed by atoms with E-state index in [0.29, 0.717) is 12.2 Å². The van der Waals surface area contributed by atoms with Gasteiger partial charge in [0.15, 0.2) is 0 Å². The summed E-state index contributed by atoms with van der Waals surface area (Å²) in [6.07, 6.45) is 1.60. The number of nitrogens with one attached hydrogen (secondary N) is 2. The monoisotopic (exact) mass is 237 g/mol. The van der Waals surface area contributed by atoms with Crippen LogP contribution in [0.4, 0.5) is 10.5 Å². The van der Waals surface area contributed by atoms with E-state index in [-0.39, 0.29) is 12.6 Å². The highest BCUT2D eigenvalue weighted by Crippen LogP contribution is 2.09. The van der Waals surface area contributed by atoms with Crippen LogP contribution in [0.5, 0.6) is 0 Å². The van der Waals surface area contributed by atoms with Crippen LogP contribution in [-0.4, -0.2) is 31.1 Å². The Kier molecular flexibility index (Phi) is 5.70. The van der Waals surface area contributed by atoms with E-state index in [1.54, 1.807) is 37.5 Å². The average molecular weight is 237 g/mol. The maximum Gasteiger partial charge on any atom is 0.319 e. The Hall–Kier alpha value is -1.92. The zero-order chi connectivity index (χ0) is 12.5. The van der Waals surface area contributed by atoms with Crippen LogP contribution in [0.25, 0.3) is 0 Å². The van der Waals surface area contributed by atoms with Crippen molar-refractivity contribution in [1.82, 2.24) is 5.32 Å². The molecule has 6 heteroatoms. The van der Waals surface area contributed by atoms with E-state index in [4.69, 9.17) is 5.26 Å². The molecule has 0 saturated heterocycles. The van der Waals surface area contributed by atoms with Crippen molar-refractivity contribution in [1.29, 1.82) is 0 Å². The normalized spacial score (nSPS) is 10.5. The molecule has 6 nitrogen and oxygen atoms in total. The molecule has 0 aromatic heterocycles. The van der Waals surface area contributed by atoms with Gasteiger partial charge >= 0.3 is 6.03 Å². The Bertz CT molecular complexity index is 376. The van der Waals surface area contributed by atoms with E-state index in [0.717, 1.165) is 5.56 Å². The van der Waals surface area contributed by atoms with Gasteiger partial charge in [0.05, 0.1) is 6.54 Å². The molecule has 0 fully saturated rings. The predicted octanol–water partition coefficient (Wildman–Crippen LogP) is 1.50. The Labute approximate surface area is 99.2 Å². The quantitative estimate of drug-likeness (QED) is 0.412. The van der Waals surface area contributed by atoms with Crippen LogP contribution in [0.15, 0.2) is 29.3 Å². The van der Waals surface area contributed by atoms with E-state index in [1.165, 1.54) is 0 Å². The van der Waals surface area contributed by atoms with Gasteiger partial charge in [0.1, 0.15) is 6.61 Å². The topological polar surface area (TPSA) is 83.0 Å². The summed E-state index contributed by atoms with van der Waals surface area (Å²) < 4.78 is 0. The van der Waals surface area contributed by atoms with E-state index in [1.807, 2.05) is 0 Å². The summed E-state index contributed by atoms with van der Waals surface area (Å²) in [5.74, 6) is 0. The molecule has 0 aliphatic rings. The summed E-state index contributed by atoms with van der Waals surface area (Å²) in [6.45, 7) is 0.512. The minimum Gasteiger partial charge on any atom is -0.333 e. The third-order valence-corrected chi connectivity index (χ3v) is 1.98. The molecule has 0 aliphatic heterocycles. The molecule has 0 heterocycles. The van der Waals surface area contributed by atoms with Gasteiger partial charge in [-0.05, 0) is 17.7 Å². The lowest BCUT2D eigenvalue weighted by Crippen LogP contribution is -2.30. The Balaban J connectivity index is 2.42. The molecular weight excluding hydrogens is 222 g/mol. The number of urea groups is 1. The van der Waals surface area contributed by atoms with Crippen molar-refractivity contribution in [3.8, 4) is 0 Å². The number of anilines is 1. The number of hydrogen-bond acceptors (Lipinski definition) is 4. The summed E-state index contributed by atoms with van der Waals surface area (Å²) in [4.78, 5) is 19.1. The first-order valence-electron chi connectivity index (χ1n) is 5.07. The molecule has 0 atom stereocenters. The summed E-state index contributed by atoms with van der Waals surface area (Å²) in [6, 6.07) is 6.65. The van der Waals surface area contributed by atoms with Gasteiger partial charge in [-0.15, -0.1) is 0 Å². The number of carbonyl (C=O) groups is 1. The van der Waals surface area contributed by atoms with Crippen LogP contribution in [0, 0.1) is 0 Å². The maximum absolute atomic E-state index is 11.3. The van der Waals surface area contributed by atoms with Gasteiger partial charge in [-0.2, -0.15) is 0 Å². The zero-order valence-corrected chi connectivity index (χ0v) is 9.51. The molecule has 0 aliphatic carbocycles. The van der Waals surface area contributed by atoms with Crippen molar-refractivity contribution in [2.75, 3.05) is 18.9 Å². The van der Waals surface area contributed by atoms with Crippen LogP contribution in [-0.2, 0) is 11.5 Å². The first-order valence-corrected chi connectivity index (χ1v) is 5.07.